The Morgan fingerprint density at radius 1 is 1.21 bits per heavy atom. The Bertz CT molecular complexity index is 1100. The molecule has 4 rings (SSSR count). The molecule has 0 saturated heterocycles. The average molecular weight is 415 g/mol. The smallest absolute Gasteiger partial charge is 0.266 e. The van der Waals surface area contributed by atoms with Crippen LogP contribution in [0.4, 0.5) is 15.1 Å². The predicted octanol–water partition coefficient (Wildman–Crippen LogP) is 5.58. The van der Waals surface area contributed by atoms with Gasteiger partial charge in [0.25, 0.3) is 5.91 Å². The summed E-state index contributed by atoms with van der Waals surface area (Å²) in [5.41, 5.74) is 2.61. The van der Waals surface area contributed by atoms with Gasteiger partial charge in [-0.25, -0.2) is 4.39 Å². The molecule has 28 heavy (non-hydrogen) atoms. The molecule has 1 unspecified atom stereocenters. The summed E-state index contributed by atoms with van der Waals surface area (Å²) in [4.78, 5) is 25.5. The average Bonchev–Trinajstić information content (AvgIpc) is 3.00. The molecule has 0 aliphatic carbocycles. The molecule has 3 aromatic rings. The molecule has 0 bridgehead atoms. The van der Waals surface area contributed by atoms with Gasteiger partial charge in [0.2, 0.25) is 5.91 Å². The van der Waals surface area contributed by atoms with Crippen LogP contribution in [0.25, 0.3) is 0 Å². The van der Waals surface area contributed by atoms with E-state index in [-0.39, 0.29) is 23.9 Å². The van der Waals surface area contributed by atoms with Crippen molar-refractivity contribution in [2.24, 2.45) is 0 Å². The standard InChI is InChI=1S/C21H16ClFN2O2S/c1-11-18-13(12-6-2-3-7-14(12)22)10-17(26)25-21(18)28-19(11)20(27)24-16-9-5-4-8-15(16)23/h2-9,13H,10H2,1H3,(H,24,27)(H,25,26). The van der Waals surface area contributed by atoms with E-state index in [1.165, 1.54) is 23.5 Å². The van der Waals surface area contributed by atoms with E-state index in [1.54, 1.807) is 18.2 Å². The Morgan fingerprint density at radius 2 is 1.93 bits per heavy atom. The molecule has 0 saturated carbocycles. The Morgan fingerprint density at radius 3 is 2.68 bits per heavy atom. The molecule has 142 valence electrons. The first kappa shape index (κ1) is 18.7. The first-order chi connectivity index (χ1) is 13.5. The Labute approximate surface area is 170 Å². The maximum atomic E-state index is 13.9. The van der Waals surface area contributed by atoms with Crippen molar-refractivity contribution >= 4 is 45.4 Å². The third-order valence-corrected chi connectivity index (χ3v) is 6.36. The minimum Gasteiger partial charge on any atom is -0.319 e. The molecule has 7 heteroatoms. The summed E-state index contributed by atoms with van der Waals surface area (Å²) >= 11 is 7.56. The topological polar surface area (TPSA) is 58.2 Å². The fourth-order valence-electron chi connectivity index (χ4n) is 3.49. The van der Waals surface area contributed by atoms with Crippen molar-refractivity contribution in [1.29, 1.82) is 0 Å². The molecule has 2 heterocycles. The van der Waals surface area contributed by atoms with E-state index in [4.69, 9.17) is 11.6 Å². The quantitative estimate of drug-likeness (QED) is 0.588. The van der Waals surface area contributed by atoms with Gasteiger partial charge in [-0.3, -0.25) is 9.59 Å². The number of carbonyl (C=O) groups excluding carboxylic acids is 2. The van der Waals surface area contributed by atoms with E-state index in [0.29, 0.717) is 14.9 Å². The summed E-state index contributed by atoms with van der Waals surface area (Å²) in [5, 5.41) is 6.68. The predicted molar refractivity (Wildman–Crippen MR) is 110 cm³/mol. The van der Waals surface area contributed by atoms with Crippen LogP contribution in [0.15, 0.2) is 48.5 Å². The summed E-state index contributed by atoms with van der Waals surface area (Å²) in [6, 6.07) is 13.4. The van der Waals surface area contributed by atoms with Crippen molar-refractivity contribution in [3.63, 3.8) is 0 Å². The number of rotatable bonds is 3. The molecule has 1 atom stereocenters. The van der Waals surface area contributed by atoms with Gasteiger partial charge in [-0.15, -0.1) is 11.3 Å². The highest BCUT2D eigenvalue weighted by Crippen LogP contribution is 2.46. The molecule has 2 aromatic carbocycles. The van der Waals surface area contributed by atoms with Crippen molar-refractivity contribution < 1.29 is 14.0 Å². The molecule has 0 fully saturated rings. The van der Waals surface area contributed by atoms with Crippen LogP contribution < -0.4 is 10.6 Å². The lowest BCUT2D eigenvalue weighted by atomic mass is 9.85. The SMILES string of the molecule is Cc1c(C(=O)Nc2ccccc2F)sc2c1C(c1ccccc1Cl)CC(=O)N2. The Kier molecular flexibility index (Phi) is 4.91. The third kappa shape index (κ3) is 3.30. The summed E-state index contributed by atoms with van der Waals surface area (Å²) < 4.78 is 13.9. The number of amides is 2. The van der Waals surface area contributed by atoms with Gasteiger partial charge in [-0.05, 0) is 41.8 Å². The van der Waals surface area contributed by atoms with Gasteiger partial charge in [0.1, 0.15) is 5.82 Å². The minimum atomic E-state index is -0.503. The fraction of sp³-hybridized carbons (Fsp3) is 0.143. The monoisotopic (exact) mass is 414 g/mol. The highest BCUT2D eigenvalue weighted by atomic mass is 35.5. The zero-order chi connectivity index (χ0) is 19.8. The van der Waals surface area contributed by atoms with Crippen LogP contribution in [0.2, 0.25) is 5.02 Å². The lowest BCUT2D eigenvalue weighted by Crippen LogP contribution is -2.22. The molecule has 0 spiro atoms. The van der Waals surface area contributed by atoms with Crippen molar-refractivity contribution in [2.45, 2.75) is 19.3 Å². The van der Waals surface area contributed by atoms with Crippen LogP contribution in [0.3, 0.4) is 0 Å². The second-order valence-corrected chi connectivity index (χ2v) is 7.99. The molecule has 4 nitrogen and oxygen atoms in total. The molecule has 2 amide bonds. The number of halogens is 2. The van der Waals surface area contributed by atoms with Crippen LogP contribution in [-0.2, 0) is 4.79 Å². The summed E-state index contributed by atoms with van der Waals surface area (Å²) in [6.07, 6.45) is 0.253. The largest absolute Gasteiger partial charge is 0.319 e. The molecule has 0 radical (unpaired) electrons. The summed E-state index contributed by atoms with van der Waals surface area (Å²) in [5.74, 6) is -1.27. The Hall–Kier alpha value is -2.70. The number of nitrogens with one attached hydrogen (secondary N) is 2. The summed E-state index contributed by atoms with van der Waals surface area (Å²) in [7, 11) is 0. The second-order valence-electron chi connectivity index (χ2n) is 6.56. The van der Waals surface area contributed by atoms with E-state index in [9.17, 15) is 14.0 Å². The van der Waals surface area contributed by atoms with E-state index in [2.05, 4.69) is 10.6 Å². The van der Waals surface area contributed by atoms with Crippen molar-refractivity contribution in [3.8, 4) is 0 Å². The van der Waals surface area contributed by atoms with Crippen molar-refractivity contribution in [3.05, 3.63) is 80.9 Å². The fourth-order valence-corrected chi connectivity index (χ4v) is 4.93. The van der Waals surface area contributed by atoms with Gasteiger partial charge in [-0.1, -0.05) is 41.9 Å². The maximum absolute atomic E-state index is 13.9. The highest BCUT2D eigenvalue weighted by Gasteiger charge is 2.33. The van der Waals surface area contributed by atoms with Gasteiger partial charge in [0, 0.05) is 17.4 Å². The normalized spacial score (nSPS) is 15.7. The molecule has 2 N–H and O–H groups in total. The minimum absolute atomic E-state index is 0.116. The molecular weight excluding hydrogens is 399 g/mol. The van der Waals surface area contributed by atoms with Gasteiger partial charge >= 0.3 is 0 Å². The highest BCUT2D eigenvalue weighted by molar-refractivity contribution is 7.18. The lowest BCUT2D eigenvalue weighted by molar-refractivity contribution is -0.116. The summed E-state index contributed by atoms with van der Waals surface area (Å²) in [6.45, 7) is 1.84. The van der Waals surface area contributed by atoms with E-state index >= 15 is 0 Å². The number of anilines is 2. The number of hydrogen-bond acceptors (Lipinski definition) is 3. The van der Waals surface area contributed by atoms with E-state index < -0.39 is 11.7 Å². The second kappa shape index (κ2) is 7.37. The molecular formula is C21H16ClFN2O2S. The van der Waals surface area contributed by atoms with Gasteiger partial charge < -0.3 is 10.6 Å². The zero-order valence-corrected chi connectivity index (χ0v) is 16.5. The first-order valence-electron chi connectivity index (χ1n) is 8.69. The van der Waals surface area contributed by atoms with Crippen LogP contribution >= 0.6 is 22.9 Å². The molecule has 1 aromatic heterocycles. The molecule has 1 aliphatic heterocycles. The lowest BCUT2D eigenvalue weighted by Gasteiger charge is -2.24. The first-order valence-corrected chi connectivity index (χ1v) is 9.88. The van der Waals surface area contributed by atoms with Crippen LogP contribution in [-0.4, -0.2) is 11.8 Å². The van der Waals surface area contributed by atoms with E-state index in [1.807, 2.05) is 25.1 Å². The number of carbonyl (C=O) groups is 2. The number of para-hydroxylation sites is 1. The zero-order valence-electron chi connectivity index (χ0n) is 14.9. The third-order valence-electron chi connectivity index (χ3n) is 4.79. The Balaban J connectivity index is 1.74. The van der Waals surface area contributed by atoms with E-state index in [0.717, 1.165) is 16.7 Å². The van der Waals surface area contributed by atoms with Gasteiger partial charge in [0.15, 0.2) is 0 Å². The van der Waals surface area contributed by atoms with Crippen molar-refractivity contribution in [1.82, 2.24) is 0 Å². The number of fused-ring (bicyclic) bond motifs is 1. The molecule has 1 aliphatic rings. The maximum Gasteiger partial charge on any atom is 0.266 e. The number of thiophene rings is 1. The van der Waals surface area contributed by atoms with Crippen LogP contribution in [0, 0.1) is 12.7 Å². The van der Waals surface area contributed by atoms with Crippen molar-refractivity contribution in [2.75, 3.05) is 10.6 Å². The van der Waals surface area contributed by atoms with Crippen LogP contribution in [0.5, 0.6) is 0 Å². The van der Waals surface area contributed by atoms with Crippen LogP contribution in [0.1, 0.15) is 38.7 Å². The van der Waals surface area contributed by atoms with Gasteiger partial charge in [-0.2, -0.15) is 0 Å². The van der Waals surface area contributed by atoms with Gasteiger partial charge in [0.05, 0.1) is 15.6 Å². The number of hydrogen-bond donors (Lipinski definition) is 2. The number of benzene rings is 2.